The Morgan fingerprint density at radius 1 is 1.35 bits per heavy atom. The first-order valence-corrected chi connectivity index (χ1v) is 4.93. The van der Waals surface area contributed by atoms with E-state index in [0.717, 1.165) is 7.05 Å². The van der Waals surface area contributed by atoms with Crippen molar-refractivity contribution in [3.63, 3.8) is 0 Å². The summed E-state index contributed by atoms with van der Waals surface area (Å²) in [6.07, 6.45) is -4.51. The standard InChI is InChI=1S/C11H13F3N2O/c1-16(7-11(12,13)14)10(17)6-8-4-2-3-5-9(8)15/h2-5H,6-7,15H2,1H3. The van der Waals surface area contributed by atoms with E-state index in [0.29, 0.717) is 16.2 Å². The maximum absolute atomic E-state index is 12.1. The fourth-order valence-electron chi connectivity index (χ4n) is 1.35. The average Bonchev–Trinajstić information content (AvgIpc) is 2.18. The van der Waals surface area contributed by atoms with Crippen LogP contribution in [0.3, 0.4) is 0 Å². The largest absolute Gasteiger partial charge is 0.406 e. The number of hydrogen-bond donors (Lipinski definition) is 1. The van der Waals surface area contributed by atoms with Crippen LogP contribution < -0.4 is 5.73 Å². The maximum atomic E-state index is 12.1. The van der Waals surface area contributed by atoms with Crippen molar-refractivity contribution in [2.75, 3.05) is 19.3 Å². The molecule has 1 aromatic rings. The van der Waals surface area contributed by atoms with Crippen molar-refractivity contribution in [1.82, 2.24) is 4.90 Å². The van der Waals surface area contributed by atoms with E-state index < -0.39 is 18.6 Å². The van der Waals surface area contributed by atoms with Crippen LogP contribution in [0.2, 0.25) is 0 Å². The van der Waals surface area contributed by atoms with Crippen LogP contribution in [0.1, 0.15) is 5.56 Å². The van der Waals surface area contributed by atoms with Crippen molar-refractivity contribution < 1.29 is 18.0 Å². The molecule has 1 aromatic carbocycles. The van der Waals surface area contributed by atoms with Gasteiger partial charge in [-0.2, -0.15) is 13.2 Å². The molecule has 0 radical (unpaired) electrons. The van der Waals surface area contributed by atoms with Crippen molar-refractivity contribution in [3.8, 4) is 0 Å². The molecule has 0 saturated heterocycles. The predicted molar refractivity (Wildman–Crippen MR) is 58.3 cm³/mol. The Balaban J connectivity index is 2.64. The smallest absolute Gasteiger partial charge is 0.398 e. The third-order valence-electron chi connectivity index (χ3n) is 2.24. The van der Waals surface area contributed by atoms with Gasteiger partial charge in [0.15, 0.2) is 0 Å². The van der Waals surface area contributed by atoms with Gasteiger partial charge in [0, 0.05) is 12.7 Å². The Morgan fingerprint density at radius 2 is 1.94 bits per heavy atom. The van der Waals surface area contributed by atoms with E-state index >= 15 is 0 Å². The van der Waals surface area contributed by atoms with Gasteiger partial charge in [0.25, 0.3) is 0 Å². The lowest BCUT2D eigenvalue weighted by atomic mass is 10.1. The number of nitrogens with zero attached hydrogens (tertiary/aromatic N) is 1. The summed E-state index contributed by atoms with van der Waals surface area (Å²) < 4.78 is 36.2. The third-order valence-corrected chi connectivity index (χ3v) is 2.24. The first-order chi connectivity index (χ1) is 7.79. The minimum Gasteiger partial charge on any atom is -0.398 e. The molecule has 17 heavy (non-hydrogen) atoms. The number of rotatable bonds is 3. The molecule has 0 bridgehead atoms. The Labute approximate surface area is 97.0 Å². The molecule has 0 fully saturated rings. The molecule has 0 atom stereocenters. The monoisotopic (exact) mass is 246 g/mol. The summed E-state index contributed by atoms with van der Waals surface area (Å²) in [5.41, 5.74) is 6.54. The molecule has 1 amide bonds. The molecule has 6 heteroatoms. The number of alkyl halides is 3. The van der Waals surface area contributed by atoms with Crippen molar-refractivity contribution in [2.45, 2.75) is 12.6 Å². The number of benzene rings is 1. The zero-order valence-electron chi connectivity index (χ0n) is 9.29. The summed E-state index contributed by atoms with van der Waals surface area (Å²) in [4.78, 5) is 12.2. The molecular formula is C11H13F3N2O. The van der Waals surface area contributed by atoms with Crippen molar-refractivity contribution in [3.05, 3.63) is 29.8 Å². The number of carbonyl (C=O) groups excluding carboxylic acids is 1. The second-order valence-electron chi connectivity index (χ2n) is 3.74. The molecule has 0 spiro atoms. The van der Waals surface area contributed by atoms with Gasteiger partial charge in [0.05, 0.1) is 6.42 Å². The molecule has 94 valence electrons. The minimum absolute atomic E-state index is 0.126. The fraction of sp³-hybridized carbons (Fsp3) is 0.364. The Morgan fingerprint density at radius 3 is 2.47 bits per heavy atom. The van der Waals surface area contributed by atoms with Crippen LogP contribution in [0.4, 0.5) is 18.9 Å². The van der Waals surface area contributed by atoms with Crippen LogP contribution in [0, 0.1) is 0 Å². The lowest BCUT2D eigenvalue weighted by Gasteiger charge is -2.19. The van der Waals surface area contributed by atoms with Gasteiger partial charge in [-0.1, -0.05) is 18.2 Å². The lowest BCUT2D eigenvalue weighted by Crippen LogP contribution is -2.36. The van der Waals surface area contributed by atoms with Crippen LogP contribution in [-0.4, -0.2) is 30.6 Å². The highest BCUT2D eigenvalue weighted by molar-refractivity contribution is 5.80. The van der Waals surface area contributed by atoms with E-state index in [4.69, 9.17) is 5.73 Å². The zero-order chi connectivity index (χ0) is 13.1. The summed E-state index contributed by atoms with van der Waals surface area (Å²) >= 11 is 0. The highest BCUT2D eigenvalue weighted by Gasteiger charge is 2.31. The molecule has 1 rings (SSSR count). The number of anilines is 1. The average molecular weight is 246 g/mol. The lowest BCUT2D eigenvalue weighted by molar-refractivity contribution is -0.157. The third kappa shape index (κ3) is 4.34. The molecule has 0 aromatic heterocycles. The first kappa shape index (κ1) is 13.3. The number of nitrogens with two attached hydrogens (primary N) is 1. The van der Waals surface area contributed by atoms with Crippen molar-refractivity contribution in [1.29, 1.82) is 0 Å². The highest BCUT2D eigenvalue weighted by atomic mass is 19.4. The van der Waals surface area contributed by atoms with E-state index in [1.54, 1.807) is 24.3 Å². The van der Waals surface area contributed by atoms with Gasteiger partial charge in [-0.05, 0) is 11.6 Å². The van der Waals surface area contributed by atoms with Gasteiger partial charge in [-0.15, -0.1) is 0 Å². The van der Waals surface area contributed by atoms with Crippen LogP contribution >= 0.6 is 0 Å². The normalized spacial score (nSPS) is 11.3. The first-order valence-electron chi connectivity index (χ1n) is 4.93. The van der Waals surface area contributed by atoms with E-state index in [2.05, 4.69) is 0 Å². The van der Waals surface area contributed by atoms with Crippen LogP contribution in [0.5, 0.6) is 0 Å². The Bertz CT molecular complexity index is 404. The molecule has 0 aliphatic rings. The summed E-state index contributed by atoms with van der Waals surface area (Å²) in [5, 5.41) is 0. The van der Waals surface area contributed by atoms with Crippen molar-refractivity contribution >= 4 is 11.6 Å². The van der Waals surface area contributed by atoms with Gasteiger partial charge in [0.1, 0.15) is 6.54 Å². The molecular weight excluding hydrogens is 233 g/mol. The molecule has 0 unspecified atom stereocenters. The Kier molecular flexibility index (Phi) is 3.98. The van der Waals surface area contributed by atoms with Gasteiger partial charge in [-0.25, -0.2) is 0 Å². The SMILES string of the molecule is CN(CC(F)(F)F)C(=O)Cc1ccccc1N. The molecule has 0 aliphatic carbocycles. The number of likely N-dealkylation sites (N-methyl/N-ethyl adjacent to an activating group) is 1. The quantitative estimate of drug-likeness (QED) is 0.827. The van der Waals surface area contributed by atoms with Crippen LogP contribution in [-0.2, 0) is 11.2 Å². The summed E-state index contributed by atoms with van der Waals surface area (Å²) in [5.74, 6) is -0.611. The summed E-state index contributed by atoms with van der Waals surface area (Å²) in [6, 6.07) is 6.60. The number of halogens is 3. The van der Waals surface area contributed by atoms with Gasteiger partial charge in [0.2, 0.25) is 5.91 Å². The zero-order valence-corrected chi connectivity index (χ0v) is 9.29. The molecule has 2 N–H and O–H groups in total. The predicted octanol–water partition coefficient (Wildman–Crippen LogP) is 1.83. The van der Waals surface area contributed by atoms with Crippen LogP contribution in [0.25, 0.3) is 0 Å². The number of para-hydroxylation sites is 1. The Hall–Kier alpha value is -1.72. The summed E-state index contributed by atoms with van der Waals surface area (Å²) in [6.45, 7) is -1.25. The number of amides is 1. The topological polar surface area (TPSA) is 46.3 Å². The second kappa shape index (κ2) is 5.07. The fourth-order valence-corrected chi connectivity index (χ4v) is 1.35. The maximum Gasteiger partial charge on any atom is 0.406 e. The molecule has 0 saturated carbocycles. The summed E-state index contributed by atoms with van der Waals surface area (Å²) in [7, 11) is 1.12. The minimum atomic E-state index is -4.38. The van der Waals surface area contributed by atoms with E-state index in [9.17, 15) is 18.0 Å². The van der Waals surface area contributed by atoms with E-state index in [1.807, 2.05) is 0 Å². The van der Waals surface area contributed by atoms with E-state index in [1.165, 1.54) is 0 Å². The van der Waals surface area contributed by atoms with Gasteiger partial charge < -0.3 is 10.6 Å². The number of carbonyl (C=O) groups is 1. The highest BCUT2D eigenvalue weighted by Crippen LogP contribution is 2.17. The van der Waals surface area contributed by atoms with Gasteiger partial charge in [-0.3, -0.25) is 4.79 Å². The van der Waals surface area contributed by atoms with E-state index in [-0.39, 0.29) is 6.42 Å². The molecule has 3 nitrogen and oxygen atoms in total. The van der Waals surface area contributed by atoms with Crippen molar-refractivity contribution in [2.24, 2.45) is 0 Å². The second-order valence-corrected chi connectivity index (χ2v) is 3.74. The van der Waals surface area contributed by atoms with Gasteiger partial charge >= 0.3 is 6.18 Å². The molecule has 0 aliphatic heterocycles. The molecule has 0 heterocycles. The number of hydrogen-bond acceptors (Lipinski definition) is 2. The van der Waals surface area contributed by atoms with Crippen LogP contribution in [0.15, 0.2) is 24.3 Å². The number of nitrogen functional groups attached to an aromatic ring is 1.